The first kappa shape index (κ1) is 18.8. The average Bonchev–Trinajstić information content (AvgIpc) is 3.00. The number of allylic oxidation sites excluding steroid dienone is 2. The molecule has 2 atom stereocenters. The summed E-state index contributed by atoms with van der Waals surface area (Å²) < 4.78 is 5.93. The SMILES string of the molecule is C[C@H]1C=C[C@@H](CCC[Se]c2ccccc2)n2c(=O)n(-c3ccccc3)c(=O)n21. The molecule has 1 aliphatic rings. The van der Waals surface area contributed by atoms with Crippen molar-refractivity contribution in [2.24, 2.45) is 0 Å². The summed E-state index contributed by atoms with van der Waals surface area (Å²) in [5.74, 6) is 0. The minimum atomic E-state index is -0.272. The molecular weight excluding hydrogens is 417 g/mol. The van der Waals surface area contributed by atoms with Gasteiger partial charge in [-0.15, -0.1) is 0 Å². The predicted octanol–water partition coefficient (Wildman–Crippen LogP) is 2.70. The fraction of sp³-hybridized carbons (Fsp3) is 0.273. The van der Waals surface area contributed by atoms with E-state index in [2.05, 4.69) is 30.3 Å². The van der Waals surface area contributed by atoms with Crippen molar-refractivity contribution in [2.75, 3.05) is 0 Å². The molecule has 0 saturated heterocycles. The first-order valence-electron chi connectivity index (χ1n) is 9.54. The Morgan fingerprint density at radius 2 is 1.50 bits per heavy atom. The molecule has 1 aromatic heterocycles. The van der Waals surface area contributed by atoms with Crippen LogP contribution < -0.4 is 15.8 Å². The number of hydrogen-bond donors (Lipinski definition) is 0. The number of nitrogens with zero attached hydrogens (tertiary/aromatic N) is 3. The Labute approximate surface area is 170 Å². The summed E-state index contributed by atoms with van der Waals surface area (Å²) in [6.07, 6.45) is 5.99. The number of fused-ring (bicyclic) bond motifs is 1. The van der Waals surface area contributed by atoms with Crippen LogP contribution in [-0.2, 0) is 0 Å². The molecule has 28 heavy (non-hydrogen) atoms. The summed E-state index contributed by atoms with van der Waals surface area (Å²) in [6.45, 7) is 1.94. The van der Waals surface area contributed by atoms with Crippen molar-refractivity contribution in [3.8, 4) is 5.69 Å². The van der Waals surface area contributed by atoms with E-state index in [9.17, 15) is 9.59 Å². The monoisotopic (exact) mass is 441 g/mol. The van der Waals surface area contributed by atoms with Crippen molar-refractivity contribution in [1.82, 2.24) is 13.9 Å². The van der Waals surface area contributed by atoms with E-state index in [1.54, 1.807) is 21.5 Å². The third kappa shape index (κ3) is 3.58. The van der Waals surface area contributed by atoms with Crippen molar-refractivity contribution in [1.29, 1.82) is 0 Å². The van der Waals surface area contributed by atoms with Gasteiger partial charge in [-0.05, 0) is 0 Å². The molecule has 2 heterocycles. The molecular formula is C22H23N3O2Se. The van der Waals surface area contributed by atoms with Crippen molar-refractivity contribution < 1.29 is 0 Å². The molecule has 0 saturated carbocycles. The third-order valence-electron chi connectivity index (χ3n) is 4.99. The summed E-state index contributed by atoms with van der Waals surface area (Å²) in [5, 5.41) is 1.12. The fourth-order valence-corrected chi connectivity index (χ4v) is 5.49. The van der Waals surface area contributed by atoms with Crippen LogP contribution >= 0.6 is 0 Å². The zero-order valence-corrected chi connectivity index (χ0v) is 17.5. The Morgan fingerprint density at radius 1 is 0.857 bits per heavy atom. The van der Waals surface area contributed by atoms with Crippen LogP contribution in [0.1, 0.15) is 31.8 Å². The molecule has 5 nitrogen and oxygen atoms in total. The summed E-state index contributed by atoms with van der Waals surface area (Å²) in [6, 6.07) is 19.5. The summed E-state index contributed by atoms with van der Waals surface area (Å²) in [4.78, 5) is 26.1. The molecule has 0 N–H and O–H groups in total. The number of benzene rings is 2. The Morgan fingerprint density at radius 3 is 2.21 bits per heavy atom. The molecule has 1 aliphatic heterocycles. The van der Waals surface area contributed by atoms with E-state index in [-0.39, 0.29) is 23.5 Å². The number of hydrogen-bond acceptors (Lipinski definition) is 2. The fourth-order valence-electron chi connectivity index (χ4n) is 3.61. The van der Waals surface area contributed by atoms with Crippen LogP contribution in [0.15, 0.2) is 82.4 Å². The van der Waals surface area contributed by atoms with Crippen LogP contribution in [0.3, 0.4) is 0 Å². The Kier molecular flexibility index (Phi) is 5.51. The maximum atomic E-state index is 13.1. The summed E-state index contributed by atoms with van der Waals surface area (Å²) in [5.41, 5.74) is 0.0859. The first-order valence-corrected chi connectivity index (χ1v) is 11.6. The van der Waals surface area contributed by atoms with Crippen molar-refractivity contribution in [3.05, 3.63) is 93.8 Å². The van der Waals surface area contributed by atoms with Gasteiger partial charge in [0.15, 0.2) is 0 Å². The normalized spacial score (nSPS) is 18.2. The standard InChI is InChI=1S/C22H23N3O2Se/c1-17-14-15-19(11-8-16-28-20-12-6-3-7-13-20)25-22(27)23(21(26)24(17)25)18-9-4-2-5-10-18/h2-7,9-10,12-15,17,19H,8,11,16H2,1H3/t17-,19+/m0/s1. The van der Waals surface area contributed by atoms with E-state index in [0.29, 0.717) is 20.6 Å². The van der Waals surface area contributed by atoms with Gasteiger partial charge in [0.2, 0.25) is 0 Å². The predicted molar refractivity (Wildman–Crippen MR) is 113 cm³/mol. The van der Waals surface area contributed by atoms with Gasteiger partial charge >= 0.3 is 170 Å². The molecule has 0 spiro atoms. The van der Waals surface area contributed by atoms with Gasteiger partial charge in [-0.3, -0.25) is 0 Å². The van der Waals surface area contributed by atoms with Gasteiger partial charge in [-0.25, -0.2) is 0 Å². The van der Waals surface area contributed by atoms with Gasteiger partial charge in [-0.1, -0.05) is 0 Å². The van der Waals surface area contributed by atoms with E-state index in [1.807, 2.05) is 37.3 Å². The Hall–Kier alpha value is -2.56. The van der Waals surface area contributed by atoms with E-state index in [4.69, 9.17) is 0 Å². The zero-order chi connectivity index (χ0) is 19.5. The van der Waals surface area contributed by atoms with Crippen LogP contribution in [-0.4, -0.2) is 28.9 Å². The van der Waals surface area contributed by atoms with E-state index < -0.39 is 0 Å². The molecule has 0 aliphatic carbocycles. The van der Waals surface area contributed by atoms with Crippen LogP contribution in [0.5, 0.6) is 0 Å². The van der Waals surface area contributed by atoms with Crippen LogP contribution in [0.25, 0.3) is 5.69 Å². The van der Waals surface area contributed by atoms with E-state index in [0.717, 1.165) is 18.2 Å². The van der Waals surface area contributed by atoms with Gasteiger partial charge in [0.1, 0.15) is 0 Å². The quantitative estimate of drug-likeness (QED) is 0.336. The second kappa shape index (κ2) is 8.21. The van der Waals surface area contributed by atoms with Crippen molar-refractivity contribution in [2.45, 2.75) is 37.2 Å². The molecule has 2 aromatic carbocycles. The second-order valence-corrected chi connectivity index (χ2v) is 9.37. The molecule has 0 bridgehead atoms. The molecule has 144 valence electrons. The van der Waals surface area contributed by atoms with E-state index >= 15 is 0 Å². The first-order chi connectivity index (χ1) is 13.7. The van der Waals surface area contributed by atoms with Gasteiger partial charge in [0.05, 0.1) is 0 Å². The molecule has 0 unspecified atom stereocenters. The van der Waals surface area contributed by atoms with Gasteiger partial charge in [0.25, 0.3) is 0 Å². The molecule has 0 fully saturated rings. The van der Waals surface area contributed by atoms with Gasteiger partial charge in [-0.2, -0.15) is 0 Å². The Balaban J connectivity index is 1.56. The average molecular weight is 440 g/mol. The van der Waals surface area contributed by atoms with Crippen molar-refractivity contribution in [3.63, 3.8) is 0 Å². The molecule has 3 aromatic rings. The number of rotatable bonds is 6. The minimum absolute atomic E-state index is 0.0760. The number of aromatic nitrogens is 3. The van der Waals surface area contributed by atoms with Gasteiger partial charge < -0.3 is 0 Å². The zero-order valence-electron chi connectivity index (χ0n) is 15.8. The molecule has 6 heteroatoms. The van der Waals surface area contributed by atoms with Crippen LogP contribution in [0, 0.1) is 0 Å². The summed E-state index contributed by atoms with van der Waals surface area (Å²) in [7, 11) is 0. The topological polar surface area (TPSA) is 48.9 Å². The maximum absolute atomic E-state index is 13.1. The Bertz CT molecular complexity index is 1080. The number of para-hydroxylation sites is 1. The third-order valence-corrected chi connectivity index (χ3v) is 7.29. The summed E-state index contributed by atoms with van der Waals surface area (Å²) >= 11 is 0.438. The second-order valence-electron chi connectivity index (χ2n) is 6.92. The van der Waals surface area contributed by atoms with E-state index in [1.165, 1.54) is 9.03 Å². The van der Waals surface area contributed by atoms with Crippen molar-refractivity contribution >= 4 is 19.4 Å². The van der Waals surface area contributed by atoms with Crippen LogP contribution in [0.2, 0.25) is 5.32 Å². The van der Waals surface area contributed by atoms with Crippen LogP contribution in [0.4, 0.5) is 0 Å². The molecule has 4 rings (SSSR count). The molecule has 0 amide bonds. The van der Waals surface area contributed by atoms with Gasteiger partial charge in [0, 0.05) is 0 Å². The molecule has 0 radical (unpaired) electrons.